The molecule has 1 aromatic carbocycles. The second-order valence-corrected chi connectivity index (χ2v) is 6.19. The molecule has 1 amide bonds. The van der Waals surface area contributed by atoms with E-state index >= 15 is 0 Å². The van der Waals surface area contributed by atoms with E-state index in [0.29, 0.717) is 11.4 Å². The predicted octanol–water partition coefficient (Wildman–Crippen LogP) is 1.35. The summed E-state index contributed by atoms with van der Waals surface area (Å²) in [6, 6.07) is 8.82. The highest BCUT2D eigenvalue weighted by atomic mass is 32.2. The smallest absolute Gasteiger partial charge is 0.356 e. The van der Waals surface area contributed by atoms with Crippen LogP contribution in [0, 0.1) is 0 Å². The molecule has 0 aliphatic carbocycles. The molecular weight excluding hydrogens is 318 g/mol. The second-order valence-electron chi connectivity index (χ2n) is 5.07. The molecule has 9 heteroatoms. The number of rotatable bonds is 3. The van der Waals surface area contributed by atoms with Crippen LogP contribution >= 0.6 is 11.8 Å². The highest BCUT2D eigenvalue weighted by Crippen LogP contribution is 2.36. The Morgan fingerprint density at radius 3 is 2.83 bits per heavy atom. The molecule has 0 radical (unpaired) electrons. The number of amides is 1. The van der Waals surface area contributed by atoms with Crippen LogP contribution in [-0.2, 0) is 0 Å². The Balaban J connectivity index is 1.75. The van der Waals surface area contributed by atoms with Crippen molar-refractivity contribution in [2.24, 2.45) is 5.10 Å². The minimum Gasteiger partial charge on any atom is -0.476 e. The summed E-state index contributed by atoms with van der Waals surface area (Å²) >= 11 is 1.09. The lowest BCUT2D eigenvalue weighted by Gasteiger charge is -2.13. The van der Waals surface area contributed by atoms with E-state index in [4.69, 9.17) is 0 Å². The van der Waals surface area contributed by atoms with Crippen LogP contribution in [0.15, 0.2) is 41.6 Å². The average Bonchev–Trinajstić information content (AvgIpc) is 3.21. The van der Waals surface area contributed by atoms with Gasteiger partial charge in [0.15, 0.2) is 5.69 Å². The zero-order valence-electron chi connectivity index (χ0n) is 11.6. The van der Waals surface area contributed by atoms with E-state index in [1.165, 1.54) is 4.68 Å². The van der Waals surface area contributed by atoms with Crippen LogP contribution in [0.25, 0.3) is 5.69 Å². The molecule has 3 heterocycles. The first-order valence-electron chi connectivity index (χ1n) is 6.82. The largest absolute Gasteiger partial charge is 0.476 e. The van der Waals surface area contributed by atoms with Gasteiger partial charge in [-0.05, 0) is 12.1 Å². The number of thioether (sulfide) groups is 1. The van der Waals surface area contributed by atoms with E-state index in [2.05, 4.69) is 20.9 Å². The minimum atomic E-state index is -1.12. The van der Waals surface area contributed by atoms with Crippen molar-refractivity contribution >= 4 is 28.8 Å². The van der Waals surface area contributed by atoms with Crippen molar-refractivity contribution in [3.8, 4) is 5.69 Å². The Kier molecular flexibility index (Phi) is 3.08. The van der Waals surface area contributed by atoms with Crippen molar-refractivity contribution in [3.05, 3.63) is 47.8 Å². The first kappa shape index (κ1) is 13.8. The van der Waals surface area contributed by atoms with Gasteiger partial charge in [0.25, 0.3) is 5.24 Å². The van der Waals surface area contributed by atoms with Crippen LogP contribution in [0.4, 0.5) is 4.79 Å². The van der Waals surface area contributed by atoms with Gasteiger partial charge in [0, 0.05) is 11.8 Å². The van der Waals surface area contributed by atoms with E-state index < -0.39 is 12.0 Å². The Morgan fingerprint density at radius 2 is 2.09 bits per heavy atom. The number of hydrogen-bond acceptors (Lipinski definition) is 6. The van der Waals surface area contributed by atoms with Gasteiger partial charge >= 0.3 is 5.97 Å². The lowest BCUT2D eigenvalue weighted by molar-refractivity contribution is 0.0688. The second kappa shape index (κ2) is 5.13. The number of carbonyl (C=O) groups is 2. The molecule has 1 aromatic heterocycles. The fraction of sp³-hybridized carbons (Fsp3) is 0.143. The maximum atomic E-state index is 11.5. The minimum absolute atomic E-state index is 0.0530. The summed E-state index contributed by atoms with van der Waals surface area (Å²) in [4.78, 5) is 23.0. The van der Waals surface area contributed by atoms with Gasteiger partial charge in [-0.3, -0.25) is 10.2 Å². The van der Waals surface area contributed by atoms with Crippen molar-refractivity contribution in [1.82, 2.24) is 20.5 Å². The SMILES string of the molecule is O=C1NC2=NN[C@H](c3cn(-c4ccccc4)nc3C(=O)O)[C@H]2S1. The van der Waals surface area contributed by atoms with Gasteiger partial charge < -0.3 is 10.4 Å². The zero-order chi connectivity index (χ0) is 16.0. The normalized spacial score (nSPS) is 22.3. The van der Waals surface area contributed by atoms with E-state index in [-0.39, 0.29) is 16.2 Å². The van der Waals surface area contributed by atoms with Crippen molar-refractivity contribution in [2.45, 2.75) is 11.3 Å². The third kappa shape index (κ3) is 2.25. The standard InChI is InChI=1S/C14H11N5O3S/c20-13(21)10-8(6-19(18-10)7-4-2-1-3-5-7)9-11-12(17-16-9)15-14(22)23-11/h1-6,9,11,16H,(H,20,21)(H,15,17,22)/t9-,11-/m1/s1. The van der Waals surface area contributed by atoms with Crippen LogP contribution in [0.2, 0.25) is 0 Å². The summed E-state index contributed by atoms with van der Waals surface area (Å²) in [7, 11) is 0. The number of benzene rings is 1. The third-order valence-electron chi connectivity index (χ3n) is 3.66. The first-order valence-corrected chi connectivity index (χ1v) is 7.70. The summed E-state index contributed by atoms with van der Waals surface area (Å²) in [6.45, 7) is 0. The Hall–Kier alpha value is -2.81. The van der Waals surface area contributed by atoms with Gasteiger partial charge in [0.2, 0.25) is 0 Å². The number of hydrazone groups is 1. The van der Waals surface area contributed by atoms with E-state index in [1.54, 1.807) is 6.20 Å². The molecule has 4 rings (SSSR count). The molecule has 2 aromatic rings. The topological polar surface area (TPSA) is 109 Å². The molecular formula is C14H11N5O3S. The van der Waals surface area contributed by atoms with Crippen LogP contribution < -0.4 is 10.7 Å². The van der Waals surface area contributed by atoms with Crippen LogP contribution in [0.1, 0.15) is 22.1 Å². The van der Waals surface area contributed by atoms with Gasteiger partial charge in [-0.2, -0.15) is 10.2 Å². The molecule has 2 aliphatic heterocycles. The molecule has 1 fully saturated rings. The van der Waals surface area contributed by atoms with Gasteiger partial charge in [-0.15, -0.1) is 0 Å². The lowest BCUT2D eigenvalue weighted by atomic mass is 10.1. The summed E-state index contributed by atoms with van der Waals surface area (Å²) in [5.74, 6) is -0.596. The van der Waals surface area contributed by atoms with Gasteiger partial charge in [-0.1, -0.05) is 30.0 Å². The van der Waals surface area contributed by atoms with Crippen LogP contribution in [0.3, 0.4) is 0 Å². The Morgan fingerprint density at radius 1 is 1.30 bits per heavy atom. The van der Waals surface area contributed by atoms with Crippen molar-refractivity contribution < 1.29 is 14.7 Å². The molecule has 0 bridgehead atoms. The monoisotopic (exact) mass is 329 g/mol. The number of nitrogens with one attached hydrogen (secondary N) is 2. The van der Waals surface area contributed by atoms with Crippen molar-refractivity contribution in [1.29, 1.82) is 0 Å². The number of fused-ring (bicyclic) bond motifs is 1. The van der Waals surface area contributed by atoms with Crippen molar-refractivity contribution in [2.75, 3.05) is 0 Å². The number of carbonyl (C=O) groups excluding carboxylic acids is 1. The molecule has 2 aliphatic rings. The molecule has 23 heavy (non-hydrogen) atoms. The van der Waals surface area contributed by atoms with Gasteiger partial charge in [-0.25, -0.2) is 9.48 Å². The number of para-hydroxylation sites is 1. The Labute approximate surface area is 134 Å². The third-order valence-corrected chi connectivity index (χ3v) is 4.73. The number of carboxylic acid groups (broad SMARTS) is 1. The number of nitrogens with zero attached hydrogens (tertiary/aromatic N) is 3. The average molecular weight is 329 g/mol. The van der Waals surface area contributed by atoms with Gasteiger partial charge in [0.05, 0.1) is 17.0 Å². The summed E-state index contributed by atoms with van der Waals surface area (Å²) in [5.41, 5.74) is 4.09. The van der Waals surface area contributed by atoms with Crippen LogP contribution in [0.5, 0.6) is 0 Å². The number of amidine groups is 1. The molecule has 1 saturated heterocycles. The number of aromatic nitrogens is 2. The molecule has 0 spiro atoms. The molecule has 116 valence electrons. The number of hydrogen-bond donors (Lipinski definition) is 3. The highest BCUT2D eigenvalue weighted by Gasteiger charge is 2.43. The van der Waals surface area contributed by atoms with Crippen molar-refractivity contribution in [3.63, 3.8) is 0 Å². The van der Waals surface area contributed by atoms with E-state index in [0.717, 1.165) is 17.4 Å². The highest BCUT2D eigenvalue weighted by molar-refractivity contribution is 8.15. The quantitative estimate of drug-likeness (QED) is 0.784. The Bertz CT molecular complexity index is 832. The van der Waals surface area contributed by atoms with Gasteiger partial charge in [0.1, 0.15) is 5.84 Å². The molecule has 3 N–H and O–H groups in total. The van der Waals surface area contributed by atoms with Crippen LogP contribution in [-0.4, -0.2) is 37.2 Å². The fourth-order valence-corrected chi connectivity index (χ4v) is 3.59. The summed E-state index contributed by atoms with van der Waals surface area (Å²) in [6.07, 6.45) is 1.66. The first-order chi connectivity index (χ1) is 11.1. The molecule has 0 unspecified atom stereocenters. The maximum Gasteiger partial charge on any atom is 0.356 e. The lowest BCUT2D eigenvalue weighted by Crippen LogP contribution is -2.25. The fourth-order valence-electron chi connectivity index (χ4n) is 2.63. The number of aromatic carboxylic acids is 1. The summed E-state index contributed by atoms with van der Waals surface area (Å²) in [5, 5.41) is 19.9. The predicted molar refractivity (Wildman–Crippen MR) is 83.7 cm³/mol. The molecule has 2 atom stereocenters. The van der Waals surface area contributed by atoms with E-state index in [1.807, 2.05) is 30.3 Å². The molecule has 8 nitrogen and oxygen atoms in total. The van der Waals surface area contributed by atoms with E-state index in [9.17, 15) is 14.7 Å². The zero-order valence-corrected chi connectivity index (χ0v) is 12.4. The number of carboxylic acids is 1. The molecule has 0 saturated carbocycles. The summed E-state index contributed by atoms with van der Waals surface area (Å²) < 4.78 is 1.52. The maximum absolute atomic E-state index is 11.5.